The summed E-state index contributed by atoms with van der Waals surface area (Å²) < 4.78 is 0. The van der Waals surface area contributed by atoms with Gasteiger partial charge < -0.3 is 0 Å². The molecule has 16 heavy (non-hydrogen) atoms. The quantitative estimate of drug-likeness (QED) is 0.831. The van der Waals surface area contributed by atoms with E-state index in [9.17, 15) is 0 Å². The van der Waals surface area contributed by atoms with Crippen molar-refractivity contribution in [2.24, 2.45) is 0 Å². The molecule has 0 saturated carbocycles. The Kier molecular flexibility index (Phi) is 3.01. The molecule has 0 aliphatic heterocycles. The van der Waals surface area contributed by atoms with Crippen LogP contribution in [0.15, 0.2) is 24.3 Å². The van der Waals surface area contributed by atoms with Crippen LogP contribution in [0, 0.1) is 6.92 Å². The maximum Gasteiger partial charge on any atom is 0.0972 e. The van der Waals surface area contributed by atoms with Crippen LogP contribution in [0.3, 0.4) is 0 Å². The van der Waals surface area contributed by atoms with Gasteiger partial charge in [-0.3, -0.25) is 5.10 Å². The van der Waals surface area contributed by atoms with Gasteiger partial charge in [0.1, 0.15) is 0 Å². The highest BCUT2D eigenvalue weighted by Gasteiger charge is 2.16. The van der Waals surface area contributed by atoms with Gasteiger partial charge in [0.2, 0.25) is 0 Å². The highest BCUT2D eigenvalue weighted by atomic mass is 35.5. The predicted octanol–water partition coefficient (Wildman–Crippen LogP) is 4.16. The zero-order valence-electron chi connectivity index (χ0n) is 9.71. The van der Waals surface area contributed by atoms with E-state index in [0.29, 0.717) is 5.92 Å². The summed E-state index contributed by atoms with van der Waals surface area (Å²) in [7, 11) is 0. The van der Waals surface area contributed by atoms with Crippen molar-refractivity contribution in [1.82, 2.24) is 10.2 Å². The molecule has 0 unspecified atom stereocenters. The van der Waals surface area contributed by atoms with Crippen LogP contribution in [0.5, 0.6) is 0 Å². The molecule has 0 aliphatic carbocycles. The van der Waals surface area contributed by atoms with Crippen molar-refractivity contribution in [3.05, 3.63) is 40.5 Å². The number of aromatic nitrogens is 2. The molecular formula is C13H15ClN2. The standard InChI is InChI=1S/C13H15ClN2/c1-8(2)12-9(3)15-16-13(12)10-6-4-5-7-11(10)14/h4-8H,1-3H3,(H,15,16). The summed E-state index contributed by atoms with van der Waals surface area (Å²) >= 11 is 6.19. The van der Waals surface area contributed by atoms with Gasteiger partial charge in [0, 0.05) is 16.8 Å². The van der Waals surface area contributed by atoms with Crippen LogP contribution in [-0.4, -0.2) is 10.2 Å². The van der Waals surface area contributed by atoms with Gasteiger partial charge in [0.15, 0.2) is 0 Å². The van der Waals surface area contributed by atoms with E-state index in [-0.39, 0.29) is 0 Å². The zero-order valence-corrected chi connectivity index (χ0v) is 10.5. The molecule has 2 rings (SSSR count). The molecule has 0 bridgehead atoms. The average Bonchev–Trinajstić information content (AvgIpc) is 2.61. The fraction of sp³-hybridized carbons (Fsp3) is 0.308. The van der Waals surface area contributed by atoms with Crippen molar-refractivity contribution in [3.63, 3.8) is 0 Å². The van der Waals surface area contributed by atoms with Crippen LogP contribution < -0.4 is 0 Å². The van der Waals surface area contributed by atoms with Gasteiger partial charge in [0.05, 0.1) is 10.7 Å². The van der Waals surface area contributed by atoms with Crippen molar-refractivity contribution >= 4 is 11.6 Å². The van der Waals surface area contributed by atoms with Crippen molar-refractivity contribution in [1.29, 1.82) is 0 Å². The average molecular weight is 235 g/mol. The number of aromatic amines is 1. The van der Waals surface area contributed by atoms with Crippen molar-refractivity contribution < 1.29 is 0 Å². The molecule has 0 saturated heterocycles. The van der Waals surface area contributed by atoms with Crippen LogP contribution in [0.4, 0.5) is 0 Å². The molecule has 0 aliphatic rings. The van der Waals surface area contributed by atoms with Gasteiger partial charge in [-0.1, -0.05) is 43.6 Å². The number of nitrogens with zero attached hydrogens (tertiary/aromatic N) is 1. The molecule has 0 radical (unpaired) electrons. The number of hydrogen-bond acceptors (Lipinski definition) is 1. The lowest BCUT2D eigenvalue weighted by atomic mass is 9.97. The lowest BCUT2D eigenvalue weighted by Crippen LogP contribution is -1.92. The molecule has 1 aromatic heterocycles. The summed E-state index contributed by atoms with van der Waals surface area (Å²) in [4.78, 5) is 0. The topological polar surface area (TPSA) is 28.7 Å². The number of H-pyrrole nitrogens is 1. The first-order chi connectivity index (χ1) is 7.61. The maximum absolute atomic E-state index is 6.19. The Hall–Kier alpha value is -1.28. The highest BCUT2D eigenvalue weighted by molar-refractivity contribution is 6.33. The van der Waals surface area contributed by atoms with Gasteiger partial charge in [-0.25, -0.2) is 0 Å². The number of hydrogen-bond donors (Lipinski definition) is 1. The van der Waals surface area contributed by atoms with Crippen LogP contribution in [-0.2, 0) is 0 Å². The van der Waals surface area contributed by atoms with Crippen LogP contribution >= 0.6 is 11.6 Å². The Bertz CT molecular complexity index is 500. The summed E-state index contributed by atoms with van der Waals surface area (Å²) in [6.07, 6.45) is 0. The molecule has 1 aromatic carbocycles. The van der Waals surface area contributed by atoms with E-state index in [1.54, 1.807) is 0 Å². The molecule has 0 atom stereocenters. The van der Waals surface area contributed by atoms with Gasteiger partial charge in [-0.05, 0) is 18.9 Å². The van der Waals surface area contributed by atoms with E-state index in [2.05, 4.69) is 24.0 Å². The lowest BCUT2D eigenvalue weighted by Gasteiger charge is -2.08. The van der Waals surface area contributed by atoms with Gasteiger partial charge in [-0.15, -0.1) is 0 Å². The molecule has 84 valence electrons. The minimum Gasteiger partial charge on any atom is -0.282 e. The molecule has 0 spiro atoms. The summed E-state index contributed by atoms with van der Waals surface area (Å²) in [6, 6.07) is 7.81. The van der Waals surface area contributed by atoms with E-state index in [4.69, 9.17) is 11.6 Å². The van der Waals surface area contributed by atoms with Gasteiger partial charge in [0.25, 0.3) is 0 Å². The molecule has 0 amide bonds. The second kappa shape index (κ2) is 4.30. The first kappa shape index (κ1) is 11.2. The Morgan fingerprint density at radius 1 is 1.25 bits per heavy atom. The Morgan fingerprint density at radius 2 is 1.94 bits per heavy atom. The molecule has 0 fully saturated rings. The SMILES string of the molecule is Cc1[nH]nc(-c2ccccc2Cl)c1C(C)C. The first-order valence-electron chi connectivity index (χ1n) is 5.41. The third-order valence-corrected chi connectivity index (χ3v) is 3.03. The van der Waals surface area contributed by atoms with Crippen molar-refractivity contribution in [2.75, 3.05) is 0 Å². The third-order valence-electron chi connectivity index (χ3n) is 2.70. The maximum atomic E-state index is 6.19. The number of benzene rings is 1. The fourth-order valence-electron chi connectivity index (χ4n) is 2.00. The van der Waals surface area contributed by atoms with E-state index in [0.717, 1.165) is 22.0 Å². The Morgan fingerprint density at radius 3 is 2.56 bits per heavy atom. The number of halogens is 1. The smallest absolute Gasteiger partial charge is 0.0972 e. The van der Waals surface area contributed by atoms with Crippen molar-refractivity contribution in [2.45, 2.75) is 26.7 Å². The second-order valence-electron chi connectivity index (χ2n) is 4.25. The Labute approximate surface area is 101 Å². The molecule has 2 aromatic rings. The molecule has 2 nitrogen and oxygen atoms in total. The molecule has 3 heteroatoms. The summed E-state index contributed by atoms with van der Waals surface area (Å²) in [5, 5.41) is 8.14. The van der Waals surface area contributed by atoms with Crippen LogP contribution in [0.2, 0.25) is 5.02 Å². The van der Waals surface area contributed by atoms with E-state index in [1.165, 1.54) is 5.56 Å². The molecular weight excluding hydrogens is 220 g/mol. The van der Waals surface area contributed by atoms with E-state index in [1.807, 2.05) is 31.2 Å². The lowest BCUT2D eigenvalue weighted by molar-refractivity contribution is 0.858. The minimum atomic E-state index is 0.435. The Balaban J connectivity index is 2.61. The largest absolute Gasteiger partial charge is 0.282 e. The van der Waals surface area contributed by atoms with Crippen LogP contribution in [0.1, 0.15) is 31.0 Å². The first-order valence-corrected chi connectivity index (χ1v) is 5.78. The number of rotatable bonds is 2. The number of nitrogens with one attached hydrogen (secondary N) is 1. The van der Waals surface area contributed by atoms with Gasteiger partial charge in [-0.2, -0.15) is 5.10 Å². The highest BCUT2D eigenvalue weighted by Crippen LogP contribution is 2.33. The third kappa shape index (κ3) is 1.85. The molecule has 1 heterocycles. The minimum absolute atomic E-state index is 0.435. The summed E-state index contributed by atoms with van der Waals surface area (Å²) in [5.74, 6) is 0.435. The molecule has 1 N–H and O–H groups in total. The monoisotopic (exact) mass is 234 g/mol. The summed E-state index contributed by atoms with van der Waals surface area (Å²) in [6.45, 7) is 6.37. The van der Waals surface area contributed by atoms with Crippen LogP contribution in [0.25, 0.3) is 11.3 Å². The fourth-order valence-corrected chi connectivity index (χ4v) is 2.23. The zero-order chi connectivity index (χ0) is 11.7. The second-order valence-corrected chi connectivity index (χ2v) is 4.65. The number of aryl methyl sites for hydroxylation is 1. The van der Waals surface area contributed by atoms with E-state index >= 15 is 0 Å². The normalized spacial score (nSPS) is 11.1. The summed E-state index contributed by atoms with van der Waals surface area (Å²) in [5.41, 5.74) is 4.33. The predicted molar refractivity (Wildman–Crippen MR) is 67.9 cm³/mol. The van der Waals surface area contributed by atoms with E-state index < -0.39 is 0 Å². The van der Waals surface area contributed by atoms with Gasteiger partial charge >= 0.3 is 0 Å². The van der Waals surface area contributed by atoms with Crippen molar-refractivity contribution in [3.8, 4) is 11.3 Å².